The van der Waals surface area contributed by atoms with Gasteiger partial charge in [0.15, 0.2) is 12.4 Å². The molecule has 0 unspecified atom stereocenters. The van der Waals surface area contributed by atoms with Crippen LogP contribution in [-0.2, 0) is 0 Å². The summed E-state index contributed by atoms with van der Waals surface area (Å²) in [6, 6.07) is 13.3. The topological polar surface area (TPSA) is 59.3 Å². The molecule has 0 saturated heterocycles. The van der Waals surface area contributed by atoms with Gasteiger partial charge in [-0.05, 0) is 25.5 Å². The van der Waals surface area contributed by atoms with E-state index in [0.717, 1.165) is 19.5 Å². The lowest BCUT2D eigenvalue weighted by atomic mass is 10.2. The summed E-state index contributed by atoms with van der Waals surface area (Å²) in [5.74, 6) is -0.150. The summed E-state index contributed by atoms with van der Waals surface area (Å²) in [7, 11) is 0. The van der Waals surface area contributed by atoms with Crippen LogP contribution in [0.2, 0.25) is 0 Å². The largest absolute Gasteiger partial charge is 0.619 e. The minimum Gasteiger partial charge on any atom is -0.619 e. The monoisotopic (exact) mass is 299 g/mol. The summed E-state index contributed by atoms with van der Waals surface area (Å²) in [6.45, 7) is 4.54. The van der Waals surface area contributed by atoms with Crippen LogP contribution in [0, 0.1) is 5.21 Å². The van der Waals surface area contributed by atoms with Crippen molar-refractivity contribution in [1.82, 2.24) is 5.32 Å². The summed E-state index contributed by atoms with van der Waals surface area (Å²) in [5.41, 5.74) is 1.70. The van der Waals surface area contributed by atoms with Crippen molar-refractivity contribution >= 4 is 11.6 Å². The number of nitrogens with zero attached hydrogens (tertiary/aromatic N) is 2. The molecule has 0 aliphatic carbocycles. The molecule has 0 aliphatic rings. The Labute approximate surface area is 130 Å². The fourth-order valence-corrected chi connectivity index (χ4v) is 2.25. The second-order valence-corrected chi connectivity index (χ2v) is 4.97. The van der Waals surface area contributed by atoms with E-state index in [4.69, 9.17) is 0 Å². The molecule has 1 N–H and O–H groups in total. The molecule has 1 aromatic heterocycles. The molecule has 0 fully saturated rings. The van der Waals surface area contributed by atoms with Crippen LogP contribution in [-0.4, -0.2) is 25.5 Å². The highest BCUT2D eigenvalue weighted by Crippen LogP contribution is 2.12. The first-order valence-corrected chi connectivity index (χ1v) is 7.47. The average molecular weight is 299 g/mol. The Hall–Kier alpha value is -2.56. The van der Waals surface area contributed by atoms with Gasteiger partial charge < -0.3 is 15.4 Å². The van der Waals surface area contributed by atoms with Gasteiger partial charge in [0.2, 0.25) is 0 Å². The Morgan fingerprint density at radius 3 is 2.50 bits per heavy atom. The lowest BCUT2D eigenvalue weighted by Crippen LogP contribution is -2.31. The number of rotatable bonds is 7. The van der Waals surface area contributed by atoms with Gasteiger partial charge in [-0.25, -0.2) is 0 Å². The minimum absolute atomic E-state index is 0.150. The maximum Gasteiger partial charge on any atom is 0.251 e. The van der Waals surface area contributed by atoms with Crippen LogP contribution in [0.15, 0.2) is 54.9 Å². The number of nitrogens with one attached hydrogen (secondary N) is 1. The predicted octanol–water partition coefficient (Wildman–Crippen LogP) is 1.97. The molecule has 1 heterocycles. The fourth-order valence-electron chi connectivity index (χ4n) is 2.25. The number of pyridine rings is 1. The zero-order chi connectivity index (χ0) is 15.8. The summed E-state index contributed by atoms with van der Waals surface area (Å²) >= 11 is 0. The van der Waals surface area contributed by atoms with Gasteiger partial charge in [-0.2, -0.15) is 4.73 Å². The number of carbonyl (C=O) groups is 1. The molecule has 1 aromatic carbocycles. The van der Waals surface area contributed by atoms with E-state index in [1.165, 1.54) is 30.2 Å². The molecule has 22 heavy (non-hydrogen) atoms. The molecular weight excluding hydrogens is 278 g/mol. The quantitative estimate of drug-likeness (QED) is 0.483. The first-order valence-electron chi connectivity index (χ1n) is 7.47. The van der Waals surface area contributed by atoms with Crippen molar-refractivity contribution in [3.8, 4) is 0 Å². The van der Waals surface area contributed by atoms with E-state index < -0.39 is 0 Å². The third-order valence-electron chi connectivity index (χ3n) is 3.46. The first-order chi connectivity index (χ1) is 10.7. The van der Waals surface area contributed by atoms with Crippen LogP contribution in [0.25, 0.3) is 0 Å². The third kappa shape index (κ3) is 4.48. The van der Waals surface area contributed by atoms with E-state index in [-0.39, 0.29) is 5.91 Å². The lowest BCUT2D eigenvalue weighted by molar-refractivity contribution is -0.605. The Morgan fingerprint density at radius 1 is 1.18 bits per heavy atom. The SMILES string of the molecule is CCN(CCCNC(=O)c1cc[n+]([O-])cc1)c1ccccc1. The minimum atomic E-state index is -0.150. The Balaban J connectivity index is 1.76. The molecule has 0 spiro atoms. The van der Waals surface area contributed by atoms with Gasteiger partial charge in [0.1, 0.15) is 0 Å². The van der Waals surface area contributed by atoms with Crippen molar-refractivity contribution in [3.05, 3.63) is 65.6 Å². The highest BCUT2D eigenvalue weighted by molar-refractivity contribution is 5.93. The molecule has 5 nitrogen and oxygen atoms in total. The lowest BCUT2D eigenvalue weighted by Gasteiger charge is -2.23. The molecule has 0 aliphatic heterocycles. The van der Waals surface area contributed by atoms with Crippen LogP contribution in [0.5, 0.6) is 0 Å². The van der Waals surface area contributed by atoms with Crippen LogP contribution in [0.1, 0.15) is 23.7 Å². The van der Waals surface area contributed by atoms with E-state index in [9.17, 15) is 10.0 Å². The highest BCUT2D eigenvalue weighted by Gasteiger charge is 2.07. The van der Waals surface area contributed by atoms with Crippen molar-refractivity contribution < 1.29 is 9.52 Å². The fraction of sp³-hybridized carbons (Fsp3) is 0.294. The number of hydrogen-bond acceptors (Lipinski definition) is 3. The molecule has 0 saturated carbocycles. The number of benzene rings is 1. The Bertz CT molecular complexity index is 585. The number of aromatic nitrogens is 1. The molecule has 5 heteroatoms. The van der Waals surface area contributed by atoms with Crippen LogP contribution in [0.3, 0.4) is 0 Å². The molecule has 2 aromatic rings. The van der Waals surface area contributed by atoms with Gasteiger partial charge in [0, 0.05) is 37.5 Å². The average Bonchev–Trinajstić information content (AvgIpc) is 2.56. The van der Waals surface area contributed by atoms with Gasteiger partial charge in [-0.1, -0.05) is 18.2 Å². The number of anilines is 1. The summed E-state index contributed by atoms with van der Waals surface area (Å²) in [5, 5.41) is 13.8. The molecule has 0 radical (unpaired) electrons. The van der Waals surface area contributed by atoms with Crippen LogP contribution < -0.4 is 14.9 Å². The maximum atomic E-state index is 11.9. The second kappa shape index (κ2) is 8.02. The molecule has 0 atom stereocenters. The summed E-state index contributed by atoms with van der Waals surface area (Å²) < 4.78 is 0.662. The number of hydrogen-bond donors (Lipinski definition) is 1. The van der Waals surface area contributed by atoms with Gasteiger partial charge in [-0.15, -0.1) is 0 Å². The zero-order valence-corrected chi connectivity index (χ0v) is 12.7. The van der Waals surface area contributed by atoms with Gasteiger partial charge in [0.05, 0.1) is 5.56 Å². The Morgan fingerprint density at radius 2 is 1.86 bits per heavy atom. The van der Waals surface area contributed by atoms with Crippen molar-refractivity contribution in [2.75, 3.05) is 24.5 Å². The number of amides is 1. The van der Waals surface area contributed by atoms with Crippen molar-refractivity contribution in [1.29, 1.82) is 0 Å². The van der Waals surface area contributed by atoms with E-state index in [1.807, 2.05) is 18.2 Å². The third-order valence-corrected chi connectivity index (χ3v) is 3.46. The van der Waals surface area contributed by atoms with Crippen LogP contribution >= 0.6 is 0 Å². The van der Waals surface area contributed by atoms with Crippen molar-refractivity contribution in [3.63, 3.8) is 0 Å². The highest BCUT2D eigenvalue weighted by atomic mass is 16.5. The van der Waals surface area contributed by atoms with E-state index in [1.54, 1.807) is 0 Å². The molecule has 2 rings (SSSR count). The van der Waals surface area contributed by atoms with Gasteiger partial charge in [-0.3, -0.25) is 4.79 Å². The smallest absolute Gasteiger partial charge is 0.251 e. The second-order valence-electron chi connectivity index (χ2n) is 4.97. The number of para-hydroxylation sites is 1. The molecule has 116 valence electrons. The van der Waals surface area contributed by atoms with E-state index >= 15 is 0 Å². The van der Waals surface area contributed by atoms with Crippen molar-refractivity contribution in [2.24, 2.45) is 0 Å². The van der Waals surface area contributed by atoms with E-state index in [0.29, 0.717) is 16.8 Å². The van der Waals surface area contributed by atoms with Gasteiger partial charge in [0.25, 0.3) is 5.91 Å². The van der Waals surface area contributed by atoms with Gasteiger partial charge >= 0.3 is 0 Å². The molecule has 0 bridgehead atoms. The van der Waals surface area contributed by atoms with Crippen LogP contribution in [0.4, 0.5) is 5.69 Å². The molecular formula is C17H21N3O2. The first kappa shape index (κ1) is 15.8. The number of carbonyl (C=O) groups excluding carboxylic acids is 1. The summed E-state index contributed by atoms with van der Waals surface area (Å²) in [4.78, 5) is 14.2. The standard InChI is InChI=1S/C17H21N3O2/c1-2-19(16-7-4-3-5-8-16)12-6-11-18-17(21)15-9-13-20(22)14-10-15/h3-5,7-10,13-14H,2,6,11-12H2,1H3,(H,18,21). The maximum absolute atomic E-state index is 11.9. The van der Waals surface area contributed by atoms with E-state index in [2.05, 4.69) is 29.3 Å². The zero-order valence-electron chi connectivity index (χ0n) is 12.7. The Kier molecular flexibility index (Phi) is 5.77. The predicted molar refractivity (Wildman–Crippen MR) is 86.7 cm³/mol. The van der Waals surface area contributed by atoms with Crippen molar-refractivity contribution in [2.45, 2.75) is 13.3 Å². The summed E-state index contributed by atoms with van der Waals surface area (Å²) in [6.07, 6.45) is 3.51. The molecule has 1 amide bonds. The normalized spacial score (nSPS) is 10.2.